The van der Waals surface area contributed by atoms with E-state index in [-0.39, 0.29) is 35.8 Å². The average Bonchev–Trinajstić information content (AvgIpc) is 3.23. The highest BCUT2D eigenvalue weighted by Gasteiger charge is 2.32. The Morgan fingerprint density at radius 1 is 1.03 bits per heavy atom. The van der Waals surface area contributed by atoms with E-state index in [0.717, 1.165) is 16.7 Å². The quantitative estimate of drug-likeness (QED) is 0.592. The van der Waals surface area contributed by atoms with Crippen LogP contribution in [0.15, 0.2) is 51.8 Å². The number of carbonyl (C=O) groups is 1. The molecule has 1 aliphatic rings. The molecule has 0 bridgehead atoms. The molecule has 3 aromatic rings. The van der Waals surface area contributed by atoms with E-state index in [2.05, 4.69) is 21.6 Å². The molecule has 0 aliphatic carbocycles. The normalized spacial score (nSPS) is 15.5. The maximum atomic E-state index is 12.9. The number of anilines is 1. The highest BCUT2D eigenvalue weighted by Crippen LogP contribution is 2.25. The number of rotatable bonds is 6. The second-order valence-electron chi connectivity index (χ2n) is 8.59. The summed E-state index contributed by atoms with van der Waals surface area (Å²) >= 11 is 0. The van der Waals surface area contributed by atoms with E-state index in [1.807, 2.05) is 32.9 Å². The van der Waals surface area contributed by atoms with Crippen molar-refractivity contribution < 1.29 is 17.6 Å². The number of piperidine rings is 1. The van der Waals surface area contributed by atoms with Crippen molar-refractivity contribution in [3.63, 3.8) is 0 Å². The zero-order valence-corrected chi connectivity index (χ0v) is 19.9. The minimum Gasteiger partial charge on any atom is -0.407 e. The van der Waals surface area contributed by atoms with Crippen molar-refractivity contribution in [2.45, 2.75) is 44.9 Å². The number of aromatic nitrogens is 2. The van der Waals surface area contributed by atoms with Crippen LogP contribution in [-0.2, 0) is 21.2 Å². The largest absolute Gasteiger partial charge is 0.407 e. The number of sulfonamides is 1. The molecule has 8 nitrogen and oxygen atoms in total. The summed E-state index contributed by atoms with van der Waals surface area (Å²) in [6.07, 6.45) is 1.35. The lowest BCUT2D eigenvalue weighted by atomic mass is 9.97. The summed E-state index contributed by atoms with van der Waals surface area (Å²) in [7, 11) is -3.56. The van der Waals surface area contributed by atoms with E-state index >= 15 is 0 Å². The van der Waals surface area contributed by atoms with Gasteiger partial charge in [0.1, 0.15) is 0 Å². The fourth-order valence-corrected chi connectivity index (χ4v) is 5.48. The molecule has 4 rings (SSSR count). The third-order valence-corrected chi connectivity index (χ3v) is 7.93. The van der Waals surface area contributed by atoms with Crippen LogP contribution in [0.5, 0.6) is 0 Å². The number of amides is 1. The first-order chi connectivity index (χ1) is 15.7. The Morgan fingerprint density at radius 2 is 1.70 bits per heavy atom. The van der Waals surface area contributed by atoms with Crippen LogP contribution in [0.1, 0.15) is 41.0 Å². The molecule has 0 radical (unpaired) electrons. The fraction of sp³-hybridized carbons (Fsp3) is 0.375. The van der Waals surface area contributed by atoms with Gasteiger partial charge in [0.2, 0.25) is 21.8 Å². The maximum absolute atomic E-state index is 12.9. The monoisotopic (exact) mass is 468 g/mol. The Labute approximate surface area is 194 Å². The van der Waals surface area contributed by atoms with Crippen LogP contribution in [0.2, 0.25) is 0 Å². The van der Waals surface area contributed by atoms with E-state index in [9.17, 15) is 13.2 Å². The van der Waals surface area contributed by atoms with Gasteiger partial charge in [-0.05, 0) is 56.9 Å². The molecule has 0 saturated carbocycles. The van der Waals surface area contributed by atoms with Crippen LogP contribution in [0.25, 0.3) is 0 Å². The van der Waals surface area contributed by atoms with Crippen molar-refractivity contribution >= 4 is 21.9 Å². The summed E-state index contributed by atoms with van der Waals surface area (Å²) in [6, 6.07) is 13.0. The van der Waals surface area contributed by atoms with Crippen molar-refractivity contribution in [2.75, 3.05) is 18.4 Å². The lowest BCUT2D eigenvalue weighted by molar-refractivity contribution is -0.121. The average molecular weight is 469 g/mol. The molecule has 1 aliphatic heterocycles. The van der Waals surface area contributed by atoms with Crippen LogP contribution >= 0.6 is 0 Å². The molecule has 0 atom stereocenters. The molecule has 1 fully saturated rings. The standard InChI is InChI=1S/C24H28N4O4S/c1-16-5-8-21(9-6-16)33(30,31)28-12-10-19(11-13-28)23(29)25-24-27-26-22(32-24)15-20-7-4-17(2)14-18(20)3/h4-9,14,19H,10-13,15H2,1-3H3,(H,25,27,29). The molecule has 2 aromatic carbocycles. The minimum absolute atomic E-state index is 0.0643. The summed E-state index contributed by atoms with van der Waals surface area (Å²) in [4.78, 5) is 13.0. The van der Waals surface area contributed by atoms with Gasteiger partial charge in [0.05, 0.1) is 11.3 Å². The molecule has 33 heavy (non-hydrogen) atoms. The molecule has 174 valence electrons. The lowest BCUT2D eigenvalue weighted by Gasteiger charge is -2.30. The maximum Gasteiger partial charge on any atom is 0.322 e. The summed E-state index contributed by atoms with van der Waals surface area (Å²) in [5, 5.41) is 10.7. The molecule has 1 aromatic heterocycles. The van der Waals surface area contributed by atoms with Crippen molar-refractivity contribution in [1.29, 1.82) is 0 Å². The minimum atomic E-state index is -3.56. The van der Waals surface area contributed by atoms with Crippen LogP contribution in [0, 0.1) is 26.7 Å². The molecule has 1 saturated heterocycles. The Bertz CT molecular complexity index is 1240. The van der Waals surface area contributed by atoms with Crippen LogP contribution in [0.4, 0.5) is 6.01 Å². The zero-order chi connectivity index (χ0) is 23.6. The van der Waals surface area contributed by atoms with Gasteiger partial charge in [0.25, 0.3) is 0 Å². The number of aryl methyl sites for hydroxylation is 3. The summed E-state index contributed by atoms with van der Waals surface area (Å²) in [6.45, 7) is 6.56. The second kappa shape index (κ2) is 9.44. The second-order valence-corrected chi connectivity index (χ2v) is 10.5. The molecule has 0 spiro atoms. The molecular formula is C24H28N4O4S. The first kappa shape index (κ1) is 23.1. The molecule has 9 heteroatoms. The highest BCUT2D eigenvalue weighted by atomic mass is 32.2. The number of hydrogen-bond donors (Lipinski definition) is 1. The van der Waals surface area contributed by atoms with E-state index in [1.54, 1.807) is 24.3 Å². The number of nitrogens with zero attached hydrogens (tertiary/aromatic N) is 3. The van der Waals surface area contributed by atoms with Crippen LogP contribution < -0.4 is 5.32 Å². The van der Waals surface area contributed by atoms with E-state index < -0.39 is 10.0 Å². The Morgan fingerprint density at radius 3 is 2.36 bits per heavy atom. The Kier molecular flexibility index (Phi) is 6.62. The van der Waals surface area contributed by atoms with E-state index in [0.29, 0.717) is 25.2 Å². The zero-order valence-electron chi connectivity index (χ0n) is 19.0. The van der Waals surface area contributed by atoms with Crippen molar-refractivity contribution in [2.24, 2.45) is 5.92 Å². The summed E-state index contributed by atoms with van der Waals surface area (Å²) in [5.74, 6) is -0.121. The molecule has 0 unspecified atom stereocenters. The molecular weight excluding hydrogens is 440 g/mol. The topological polar surface area (TPSA) is 105 Å². The van der Waals surface area contributed by atoms with Crippen LogP contribution in [-0.4, -0.2) is 41.9 Å². The van der Waals surface area contributed by atoms with E-state index in [1.165, 1.54) is 9.87 Å². The van der Waals surface area contributed by atoms with E-state index in [4.69, 9.17) is 4.42 Å². The number of benzene rings is 2. The Balaban J connectivity index is 1.33. The van der Waals surface area contributed by atoms with Crippen LogP contribution in [0.3, 0.4) is 0 Å². The third-order valence-electron chi connectivity index (χ3n) is 6.02. The van der Waals surface area contributed by atoms with Crippen molar-refractivity contribution in [1.82, 2.24) is 14.5 Å². The highest BCUT2D eigenvalue weighted by molar-refractivity contribution is 7.89. The Hall–Kier alpha value is -3.04. The van der Waals surface area contributed by atoms with Gasteiger partial charge in [-0.3, -0.25) is 10.1 Å². The number of carbonyl (C=O) groups excluding carboxylic acids is 1. The fourth-order valence-electron chi connectivity index (χ4n) is 4.01. The SMILES string of the molecule is Cc1ccc(S(=O)(=O)N2CCC(C(=O)Nc3nnc(Cc4ccc(C)cc4C)o3)CC2)cc1. The summed E-state index contributed by atoms with van der Waals surface area (Å²) in [5.41, 5.74) is 4.42. The van der Waals surface area contributed by atoms with Gasteiger partial charge in [0, 0.05) is 19.0 Å². The number of hydrogen-bond acceptors (Lipinski definition) is 6. The van der Waals surface area contributed by atoms with Gasteiger partial charge in [-0.1, -0.05) is 46.6 Å². The van der Waals surface area contributed by atoms with Crippen molar-refractivity contribution in [3.8, 4) is 0 Å². The molecule has 1 amide bonds. The van der Waals surface area contributed by atoms with Gasteiger partial charge in [-0.15, -0.1) is 5.10 Å². The van der Waals surface area contributed by atoms with Crippen molar-refractivity contribution in [3.05, 3.63) is 70.6 Å². The third kappa shape index (κ3) is 5.31. The predicted octanol–water partition coefficient (Wildman–Crippen LogP) is 3.63. The van der Waals surface area contributed by atoms with Gasteiger partial charge in [-0.2, -0.15) is 4.31 Å². The predicted molar refractivity (Wildman–Crippen MR) is 124 cm³/mol. The number of nitrogens with one attached hydrogen (secondary N) is 1. The first-order valence-corrected chi connectivity index (χ1v) is 12.4. The van der Waals surface area contributed by atoms with Gasteiger partial charge < -0.3 is 4.42 Å². The smallest absolute Gasteiger partial charge is 0.322 e. The lowest BCUT2D eigenvalue weighted by Crippen LogP contribution is -2.41. The molecule has 2 heterocycles. The van der Waals surface area contributed by atoms with Gasteiger partial charge >= 0.3 is 6.01 Å². The van der Waals surface area contributed by atoms with Gasteiger partial charge in [-0.25, -0.2) is 8.42 Å². The summed E-state index contributed by atoms with van der Waals surface area (Å²) < 4.78 is 32.8. The van der Waals surface area contributed by atoms with Gasteiger partial charge in [0.15, 0.2) is 0 Å². The molecule has 1 N–H and O–H groups in total. The first-order valence-electron chi connectivity index (χ1n) is 11.0.